The summed E-state index contributed by atoms with van der Waals surface area (Å²) < 4.78 is 68.2. The van der Waals surface area contributed by atoms with Gasteiger partial charge in [0.05, 0.1) is 26.4 Å². The van der Waals surface area contributed by atoms with E-state index < -0.39 is 97.5 Å². The smallest absolute Gasteiger partial charge is 0.462 e. The number of phosphoric acid groups is 2. The molecular formula is C70H136O17P2. The van der Waals surface area contributed by atoms with Crippen LogP contribution in [0.3, 0.4) is 0 Å². The van der Waals surface area contributed by atoms with Crippen LogP contribution < -0.4 is 0 Å². The molecule has 0 aromatic heterocycles. The molecule has 19 heteroatoms. The molecule has 0 saturated carbocycles. The van der Waals surface area contributed by atoms with Gasteiger partial charge < -0.3 is 33.8 Å². The number of unbranched alkanes of at least 4 members (excludes halogenated alkanes) is 41. The van der Waals surface area contributed by atoms with Crippen LogP contribution in [0.4, 0.5) is 0 Å². The van der Waals surface area contributed by atoms with Crippen LogP contribution in [0.2, 0.25) is 0 Å². The molecular weight excluding hydrogens is 1170 g/mol. The van der Waals surface area contributed by atoms with Crippen LogP contribution in [0, 0.1) is 5.92 Å². The van der Waals surface area contributed by atoms with Gasteiger partial charge in [-0.3, -0.25) is 37.3 Å². The number of phosphoric ester groups is 2. The van der Waals surface area contributed by atoms with E-state index in [4.69, 9.17) is 37.0 Å². The SMILES string of the molecule is CCCCCCCCCCCCCC(=O)OC[C@H](COP(=O)(O)OC[C@@H](O)COP(=O)(O)OC[C@@H](COC(=O)CCCCCCCCCCC)OC(=O)CCCCCCCCCCCCC)OC(=O)CCCCCCCCCCCCCCCCC(C)CC. The van der Waals surface area contributed by atoms with Crippen molar-refractivity contribution in [1.82, 2.24) is 0 Å². The Labute approximate surface area is 543 Å². The molecule has 3 unspecified atom stereocenters. The van der Waals surface area contributed by atoms with Crippen LogP contribution in [-0.4, -0.2) is 96.7 Å². The molecule has 17 nitrogen and oxygen atoms in total. The van der Waals surface area contributed by atoms with Crippen molar-refractivity contribution < 1.29 is 80.2 Å². The number of esters is 4. The van der Waals surface area contributed by atoms with E-state index >= 15 is 0 Å². The lowest BCUT2D eigenvalue weighted by Crippen LogP contribution is -2.30. The molecule has 528 valence electrons. The summed E-state index contributed by atoms with van der Waals surface area (Å²) >= 11 is 0. The van der Waals surface area contributed by atoms with Crippen molar-refractivity contribution in [2.24, 2.45) is 5.92 Å². The van der Waals surface area contributed by atoms with Gasteiger partial charge in [0.1, 0.15) is 19.3 Å². The maximum atomic E-state index is 13.0. The van der Waals surface area contributed by atoms with Crippen molar-refractivity contribution in [2.75, 3.05) is 39.6 Å². The number of aliphatic hydroxyl groups excluding tert-OH is 1. The second-order valence-corrected chi connectivity index (χ2v) is 28.4. The number of carbonyl (C=O) groups excluding carboxylic acids is 4. The van der Waals surface area contributed by atoms with Gasteiger partial charge in [-0.25, -0.2) is 9.13 Å². The third kappa shape index (κ3) is 63.2. The first-order chi connectivity index (χ1) is 43.1. The first-order valence-corrected chi connectivity index (χ1v) is 39.7. The van der Waals surface area contributed by atoms with Gasteiger partial charge >= 0.3 is 39.5 Å². The number of hydrogen-bond donors (Lipinski definition) is 3. The quantitative estimate of drug-likeness (QED) is 0.0222. The number of hydrogen-bond acceptors (Lipinski definition) is 15. The van der Waals surface area contributed by atoms with E-state index in [1.54, 1.807) is 0 Å². The van der Waals surface area contributed by atoms with E-state index in [2.05, 4.69) is 34.6 Å². The fourth-order valence-corrected chi connectivity index (χ4v) is 12.2. The van der Waals surface area contributed by atoms with Crippen molar-refractivity contribution in [1.29, 1.82) is 0 Å². The topological polar surface area (TPSA) is 237 Å². The summed E-state index contributed by atoms with van der Waals surface area (Å²) in [6, 6.07) is 0. The summed E-state index contributed by atoms with van der Waals surface area (Å²) in [5.41, 5.74) is 0. The number of ether oxygens (including phenoxy) is 4. The Balaban J connectivity index is 5.20. The predicted molar refractivity (Wildman–Crippen MR) is 358 cm³/mol. The lowest BCUT2D eigenvalue weighted by atomic mass is 9.99. The van der Waals surface area contributed by atoms with Crippen LogP contribution in [0.5, 0.6) is 0 Å². The Kier molecular flexibility index (Phi) is 62.1. The van der Waals surface area contributed by atoms with Crippen molar-refractivity contribution in [3.05, 3.63) is 0 Å². The largest absolute Gasteiger partial charge is 0.472 e. The highest BCUT2D eigenvalue weighted by atomic mass is 31.2. The number of rotatable bonds is 70. The Hall–Kier alpha value is -1.94. The van der Waals surface area contributed by atoms with Gasteiger partial charge in [0.25, 0.3) is 0 Å². The molecule has 0 fully saturated rings. The Bertz CT molecular complexity index is 1720. The highest BCUT2D eigenvalue weighted by Crippen LogP contribution is 2.45. The fraction of sp³-hybridized carbons (Fsp3) is 0.943. The molecule has 0 aliphatic rings. The van der Waals surface area contributed by atoms with E-state index in [-0.39, 0.29) is 25.7 Å². The summed E-state index contributed by atoms with van der Waals surface area (Å²) in [7, 11) is -9.89. The molecule has 0 radical (unpaired) electrons. The lowest BCUT2D eigenvalue weighted by molar-refractivity contribution is -0.161. The highest BCUT2D eigenvalue weighted by molar-refractivity contribution is 7.47. The summed E-state index contributed by atoms with van der Waals surface area (Å²) in [5, 5.41) is 10.6. The van der Waals surface area contributed by atoms with Gasteiger partial charge in [0.2, 0.25) is 0 Å². The molecule has 3 N–H and O–H groups in total. The van der Waals surface area contributed by atoms with Gasteiger partial charge in [-0.05, 0) is 31.6 Å². The van der Waals surface area contributed by atoms with Crippen molar-refractivity contribution in [2.45, 2.75) is 380 Å². The maximum Gasteiger partial charge on any atom is 0.472 e. The summed E-state index contributed by atoms with van der Waals surface area (Å²) in [6.07, 6.45) is 49.8. The lowest BCUT2D eigenvalue weighted by Gasteiger charge is -2.21. The minimum atomic E-state index is -4.95. The Morgan fingerprint density at radius 3 is 0.798 bits per heavy atom. The monoisotopic (exact) mass is 1310 g/mol. The first kappa shape index (κ1) is 87.1. The van der Waals surface area contributed by atoms with Gasteiger partial charge in [-0.1, -0.05) is 311 Å². The molecule has 0 bridgehead atoms. The average Bonchev–Trinajstić information content (AvgIpc) is 3.67. The highest BCUT2D eigenvalue weighted by Gasteiger charge is 2.30. The second-order valence-electron chi connectivity index (χ2n) is 25.5. The molecule has 0 saturated heterocycles. The normalized spacial score (nSPS) is 14.4. The molecule has 0 aliphatic carbocycles. The van der Waals surface area contributed by atoms with Crippen molar-refractivity contribution in [3.8, 4) is 0 Å². The van der Waals surface area contributed by atoms with E-state index in [1.807, 2.05) is 0 Å². The van der Waals surface area contributed by atoms with Crippen molar-refractivity contribution in [3.63, 3.8) is 0 Å². The molecule has 0 spiro atoms. The van der Waals surface area contributed by atoms with Crippen LogP contribution in [0.25, 0.3) is 0 Å². The van der Waals surface area contributed by atoms with Gasteiger partial charge in [-0.2, -0.15) is 0 Å². The van der Waals surface area contributed by atoms with E-state index in [0.29, 0.717) is 25.7 Å². The summed E-state index contributed by atoms with van der Waals surface area (Å²) in [5.74, 6) is -1.28. The first-order valence-electron chi connectivity index (χ1n) is 36.7. The number of carbonyl (C=O) groups is 4. The third-order valence-electron chi connectivity index (χ3n) is 16.6. The van der Waals surface area contributed by atoms with E-state index in [1.165, 1.54) is 186 Å². The van der Waals surface area contributed by atoms with Gasteiger partial charge in [0.15, 0.2) is 12.2 Å². The fourth-order valence-electron chi connectivity index (χ4n) is 10.6. The minimum Gasteiger partial charge on any atom is -0.462 e. The maximum absolute atomic E-state index is 13.0. The minimum absolute atomic E-state index is 0.107. The summed E-state index contributed by atoms with van der Waals surface area (Å²) in [4.78, 5) is 72.4. The predicted octanol–water partition coefficient (Wildman–Crippen LogP) is 20.1. The molecule has 0 amide bonds. The molecule has 0 aliphatic heterocycles. The van der Waals surface area contributed by atoms with Gasteiger partial charge in [-0.15, -0.1) is 0 Å². The van der Waals surface area contributed by atoms with E-state index in [0.717, 1.165) is 95.8 Å². The molecule has 0 aromatic carbocycles. The zero-order valence-electron chi connectivity index (χ0n) is 57.6. The molecule has 0 rings (SSSR count). The Morgan fingerprint density at radius 2 is 0.539 bits per heavy atom. The molecule has 89 heavy (non-hydrogen) atoms. The van der Waals surface area contributed by atoms with Gasteiger partial charge in [0, 0.05) is 25.7 Å². The Morgan fingerprint density at radius 1 is 0.315 bits per heavy atom. The van der Waals surface area contributed by atoms with Crippen LogP contribution in [-0.2, 0) is 65.4 Å². The molecule has 0 heterocycles. The second kappa shape index (κ2) is 63.5. The number of aliphatic hydroxyl groups is 1. The molecule has 6 atom stereocenters. The zero-order chi connectivity index (χ0) is 65.6. The zero-order valence-corrected chi connectivity index (χ0v) is 59.4. The molecule has 0 aromatic rings. The van der Waals surface area contributed by atoms with Crippen molar-refractivity contribution >= 4 is 39.5 Å². The van der Waals surface area contributed by atoms with Crippen LogP contribution >= 0.6 is 15.6 Å². The third-order valence-corrected chi connectivity index (χ3v) is 18.5. The average molecular weight is 1310 g/mol. The van der Waals surface area contributed by atoms with E-state index in [9.17, 15) is 43.2 Å². The van der Waals surface area contributed by atoms with Crippen LogP contribution in [0.1, 0.15) is 362 Å². The van der Waals surface area contributed by atoms with Crippen LogP contribution in [0.15, 0.2) is 0 Å². The summed E-state index contributed by atoms with van der Waals surface area (Å²) in [6.45, 7) is 7.28. The standard InChI is InChI=1S/C70H136O17P2/c1-6-10-13-16-19-22-28-34-39-44-49-54-68(73)81-60-66(87-70(75)56-51-46-41-36-31-27-25-24-26-30-33-37-42-47-52-63(5)9-4)62-85-89(78,79)83-58-64(71)57-82-88(76,77)84-61-65(59-80-67(72)53-48-43-38-32-21-18-15-12-8-3)86-69(74)55-50-45-40-35-29-23-20-17-14-11-7-2/h63-66,71H,6-62H2,1-5H3,(H,76,77)(H,78,79)/t63?,64-,65+,66+/m0/s1.